The summed E-state index contributed by atoms with van der Waals surface area (Å²) in [6, 6.07) is 8.62. The van der Waals surface area contributed by atoms with Crippen molar-refractivity contribution < 1.29 is 13.2 Å². The van der Waals surface area contributed by atoms with Gasteiger partial charge < -0.3 is 5.32 Å². The van der Waals surface area contributed by atoms with Gasteiger partial charge >= 0.3 is 0 Å². The second-order valence-electron chi connectivity index (χ2n) is 7.43. The summed E-state index contributed by atoms with van der Waals surface area (Å²) in [6.07, 6.45) is 5.81. The van der Waals surface area contributed by atoms with Crippen LogP contribution in [0.2, 0.25) is 5.02 Å². The van der Waals surface area contributed by atoms with Gasteiger partial charge in [-0.2, -0.15) is 10.4 Å². The van der Waals surface area contributed by atoms with Crippen molar-refractivity contribution in [3.63, 3.8) is 0 Å². The highest BCUT2D eigenvalue weighted by atomic mass is 35.5. The van der Waals surface area contributed by atoms with E-state index in [0.717, 1.165) is 0 Å². The van der Waals surface area contributed by atoms with E-state index in [1.807, 2.05) is 0 Å². The molecule has 2 aromatic rings. The minimum Gasteiger partial charge on any atom is -0.338 e. The molecule has 0 radical (unpaired) electrons. The average Bonchev–Trinajstić information content (AvgIpc) is 3.09. The molecule has 0 spiro atoms. The van der Waals surface area contributed by atoms with Crippen molar-refractivity contribution in [2.24, 2.45) is 5.92 Å². The van der Waals surface area contributed by atoms with Gasteiger partial charge in [0.05, 0.1) is 26.9 Å². The fourth-order valence-electron chi connectivity index (χ4n) is 3.65. The van der Waals surface area contributed by atoms with Gasteiger partial charge in [0, 0.05) is 18.3 Å². The van der Waals surface area contributed by atoms with Crippen LogP contribution >= 0.6 is 11.6 Å². The standard InChI is InChI=1S/C19H19ClN4O3S/c20-16-11-14(24-9-1-8-22-24)3-5-17(16)28(26,27)15-4-2-13(10-15)18(25)23-19(12-21)6-7-19/h1,3,5,8-9,11,13,15H,2,4,6-7,10H2,(H,23,25). The van der Waals surface area contributed by atoms with E-state index in [-0.39, 0.29) is 22.2 Å². The number of nitrogens with one attached hydrogen (secondary N) is 1. The summed E-state index contributed by atoms with van der Waals surface area (Å²) in [5, 5.41) is 15.5. The zero-order valence-corrected chi connectivity index (χ0v) is 16.6. The molecule has 1 amide bonds. The predicted octanol–water partition coefficient (Wildman–Crippen LogP) is 2.64. The maximum atomic E-state index is 13.1. The third-order valence-corrected chi connectivity index (χ3v) is 8.21. The number of hydrogen-bond donors (Lipinski definition) is 1. The Morgan fingerprint density at radius 3 is 2.75 bits per heavy atom. The lowest BCUT2D eigenvalue weighted by Gasteiger charge is -2.16. The van der Waals surface area contributed by atoms with Gasteiger partial charge in [-0.05, 0) is 56.4 Å². The highest BCUT2D eigenvalue weighted by Gasteiger charge is 2.47. The molecule has 7 nitrogen and oxygen atoms in total. The maximum Gasteiger partial charge on any atom is 0.224 e. The van der Waals surface area contributed by atoms with Crippen molar-refractivity contribution in [1.82, 2.24) is 15.1 Å². The molecule has 1 aromatic heterocycles. The van der Waals surface area contributed by atoms with Crippen molar-refractivity contribution in [3.8, 4) is 11.8 Å². The van der Waals surface area contributed by atoms with Gasteiger partial charge in [-0.15, -0.1) is 0 Å². The minimum absolute atomic E-state index is 0.0758. The van der Waals surface area contributed by atoms with E-state index in [0.29, 0.717) is 31.4 Å². The zero-order valence-electron chi connectivity index (χ0n) is 15.0. The summed E-state index contributed by atoms with van der Waals surface area (Å²) in [7, 11) is -3.66. The largest absolute Gasteiger partial charge is 0.338 e. The second-order valence-corrected chi connectivity index (χ2v) is 10.0. The van der Waals surface area contributed by atoms with Crippen LogP contribution in [0, 0.1) is 17.2 Å². The van der Waals surface area contributed by atoms with Gasteiger partial charge in [-0.1, -0.05) is 11.6 Å². The van der Waals surface area contributed by atoms with Crippen LogP contribution < -0.4 is 5.32 Å². The maximum absolute atomic E-state index is 13.1. The number of aromatic nitrogens is 2. The molecule has 1 heterocycles. The van der Waals surface area contributed by atoms with Gasteiger partial charge in [-0.3, -0.25) is 4.79 Å². The first kappa shape index (κ1) is 19.0. The molecule has 2 aliphatic rings. The highest BCUT2D eigenvalue weighted by Crippen LogP contribution is 2.39. The Balaban J connectivity index is 1.50. The molecule has 4 rings (SSSR count). The Hall–Kier alpha value is -2.37. The number of benzene rings is 1. The van der Waals surface area contributed by atoms with Crippen LogP contribution in [-0.2, 0) is 14.6 Å². The van der Waals surface area contributed by atoms with E-state index < -0.39 is 26.5 Å². The molecule has 2 atom stereocenters. The highest BCUT2D eigenvalue weighted by molar-refractivity contribution is 7.92. The number of carbonyl (C=O) groups is 1. The normalized spacial score (nSPS) is 23.1. The lowest BCUT2D eigenvalue weighted by Crippen LogP contribution is -2.39. The molecule has 2 aliphatic carbocycles. The molecule has 1 N–H and O–H groups in total. The van der Waals surface area contributed by atoms with Crippen LogP contribution in [0.15, 0.2) is 41.6 Å². The van der Waals surface area contributed by atoms with Crippen LogP contribution in [0.25, 0.3) is 5.69 Å². The van der Waals surface area contributed by atoms with Gasteiger partial charge in [-0.25, -0.2) is 13.1 Å². The van der Waals surface area contributed by atoms with Crippen LogP contribution in [0.5, 0.6) is 0 Å². The summed E-state index contributed by atoms with van der Waals surface area (Å²) >= 11 is 6.29. The van der Waals surface area contributed by atoms with E-state index in [1.165, 1.54) is 6.07 Å². The van der Waals surface area contributed by atoms with E-state index >= 15 is 0 Å². The lowest BCUT2D eigenvalue weighted by molar-refractivity contribution is -0.125. The lowest BCUT2D eigenvalue weighted by atomic mass is 10.1. The van der Waals surface area contributed by atoms with Crippen LogP contribution in [0.4, 0.5) is 0 Å². The monoisotopic (exact) mass is 418 g/mol. The fraction of sp³-hybridized carbons (Fsp3) is 0.421. The number of carbonyl (C=O) groups excluding carboxylic acids is 1. The quantitative estimate of drug-likeness (QED) is 0.803. The Labute approximate surface area is 168 Å². The molecule has 1 aromatic carbocycles. The molecular weight excluding hydrogens is 400 g/mol. The topological polar surface area (TPSA) is 105 Å². The molecule has 2 fully saturated rings. The molecule has 0 aliphatic heterocycles. The van der Waals surface area contributed by atoms with Crippen LogP contribution in [0.3, 0.4) is 0 Å². The third kappa shape index (κ3) is 3.40. The number of hydrogen-bond acceptors (Lipinski definition) is 5. The molecule has 0 bridgehead atoms. The molecule has 28 heavy (non-hydrogen) atoms. The Bertz CT molecular complexity index is 1060. The molecular formula is C19H19ClN4O3S. The van der Waals surface area contributed by atoms with Crippen molar-refractivity contribution in [3.05, 3.63) is 41.7 Å². The van der Waals surface area contributed by atoms with Crippen molar-refractivity contribution in [1.29, 1.82) is 5.26 Å². The second kappa shape index (κ2) is 6.90. The van der Waals surface area contributed by atoms with Crippen LogP contribution in [-0.4, -0.2) is 34.9 Å². The van der Waals surface area contributed by atoms with Gasteiger partial charge in [0.2, 0.25) is 5.91 Å². The summed E-state index contributed by atoms with van der Waals surface area (Å²) < 4.78 is 27.8. The number of sulfone groups is 1. The SMILES string of the molecule is N#CC1(NC(=O)C2CCC(S(=O)(=O)c3ccc(-n4cccn4)cc3Cl)C2)CC1. The van der Waals surface area contributed by atoms with Gasteiger partial charge in [0.25, 0.3) is 0 Å². The minimum atomic E-state index is -3.66. The molecule has 146 valence electrons. The van der Waals surface area contributed by atoms with Crippen molar-refractivity contribution in [2.75, 3.05) is 0 Å². The Kier molecular flexibility index (Phi) is 4.68. The Morgan fingerprint density at radius 2 is 2.14 bits per heavy atom. The number of halogens is 1. The van der Waals surface area contributed by atoms with Crippen LogP contribution in [0.1, 0.15) is 32.1 Å². The van der Waals surface area contributed by atoms with E-state index in [2.05, 4.69) is 16.5 Å². The first-order valence-corrected chi connectivity index (χ1v) is 11.0. The van der Waals surface area contributed by atoms with Gasteiger partial charge in [0.15, 0.2) is 9.84 Å². The van der Waals surface area contributed by atoms with Crippen molar-refractivity contribution in [2.45, 2.75) is 47.8 Å². The smallest absolute Gasteiger partial charge is 0.224 e. The molecule has 2 unspecified atom stereocenters. The third-order valence-electron chi connectivity index (χ3n) is 5.51. The molecule has 2 saturated carbocycles. The zero-order chi connectivity index (χ0) is 19.9. The van der Waals surface area contributed by atoms with Gasteiger partial charge in [0.1, 0.15) is 5.54 Å². The molecule has 9 heteroatoms. The first-order valence-electron chi connectivity index (χ1n) is 9.11. The number of rotatable bonds is 5. The number of amides is 1. The first-order chi connectivity index (χ1) is 13.3. The fourth-order valence-corrected chi connectivity index (χ4v) is 6.03. The summed E-state index contributed by atoms with van der Waals surface area (Å²) in [5.74, 6) is -0.621. The van der Waals surface area contributed by atoms with Crippen molar-refractivity contribution >= 4 is 27.3 Å². The summed E-state index contributed by atoms with van der Waals surface area (Å²) in [4.78, 5) is 12.5. The summed E-state index contributed by atoms with van der Waals surface area (Å²) in [5.41, 5.74) is -0.0662. The molecule has 0 saturated heterocycles. The predicted molar refractivity (Wildman–Crippen MR) is 103 cm³/mol. The average molecular weight is 419 g/mol. The van der Waals surface area contributed by atoms with E-state index in [1.54, 1.807) is 35.3 Å². The van der Waals surface area contributed by atoms with E-state index in [4.69, 9.17) is 16.9 Å². The summed E-state index contributed by atoms with van der Waals surface area (Å²) in [6.45, 7) is 0. The number of nitrogens with zero attached hydrogens (tertiary/aromatic N) is 3. The number of nitriles is 1. The Morgan fingerprint density at radius 1 is 1.36 bits per heavy atom. The van der Waals surface area contributed by atoms with E-state index in [9.17, 15) is 13.2 Å².